The van der Waals surface area contributed by atoms with Crippen LogP contribution in [0.15, 0.2) is 206 Å². The summed E-state index contributed by atoms with van der Waals surface area (Å²) in [4.78, 5) is 16.2. The zero-order valence-electron chi connectivity index (χ0n) is 33.3. The van der Waals surface area contributed by atoms with Crippen LogP contribution in [-0.4, -0.2) is 19.5 Å². The molecule has 0 N–H and O–H groups in total. The predicted molar refractivity (Wildman–Crippen MR) is 261 cm³/mol. The normalized spacial score (nSPS) is 11.9. The third-order valence-corrected chi connectivity index (χ3v) is 13.7. The molecule has 0 saturated carbocycles. The number of para-hydroxylation sites is 1. The van der Waals surface area contributed by atoms with Gasteiger partial charge in [-0.05, 0) is 85.9 Å². The zero-order chi connectivity index (χ0) is 40.7. The number of hydrogen-bond acceptors (Lipinski definition) is 4. The van der Waals surface area contributed by atoms with E-state index in [1.54, 1.807) is 11.3 Å². The molecule has 0 aliphatic rings. The van der Waals surface area contributed by atoms with Gasteiger partial charge in [0.15, 0.2) is 17.5 Å². The highest BCUT2D eigenvalue weighted by Crippen LogP contribution is 2.44. The quantitative estimate of drug-likeness (QED) is 0.163. The highest BCUT2D eigenvalue weighted by molar-refractivity contribution is 7.26. The van der Waals surface area contributed by atoms with E-state index < -0.39 is 0 Å². The van der Waals surface area contributed by atoms with Gasteiger partial charge in [-0.15, -0.1) is 11.3 Å². The molecule has 0 aliphatic heterocycles. The number of aromatic nitrogens is 4. The van der Waals surface area contributed by atoms with Gasteiger partial charge in [0.2, 0.25) is 0 Å². The molecule has 10 aromatic carbocycles. The van der Waals surface area contributed by atoms with Crippen LogP contribution in [0.5, 0.6) is 0 Å². The molecule has 0 atom stereocenters. The van der Waals surface area contributed by atoms with Crippen molar-refractivity contribution < 1.29 is 0 Å². The molecule has 0 aliphatic carbocycles. The van der Waals surface area contributed by atoms with Crippen molar-refractivity contribution in [2.24, 2.45) is 0 Å². The van der Waals surface area contributed by atoms with Crippen molar-refractivity contribution in [3.8, 4) is 51.0 Å². The first-order chi connectivity index (χ1) is 30.7. The van der Waals surface area contributed by atoms with Crippen molar-refractivity contribution in [3.63, 3.8) is 0 Å². The molecule has 0 radical (unpaired) electrons. The van der Waals surface area contributed by atoms with Gasteiger partial charge in [0, 0.05) is 47.6 Å². The fourth-order valence-electron chi connectivity index (χ4n) is 9.60. The van der Waals surface area contributed by atoms with Gasteiger partial charge in [-0.25, -0.2) is 15.0 Å². The third kappa shape index (κ3) is 5.35. The summed E-state index contributed by atoms with van der Waals surface area (Å²) in [6.07, 6.45) is 0. The minimum atomic E-state index is 0.618. The number of hydrogen-bond donors (Lipinski definition) is 0. The molecular formula is C57H34N4S. The lowest BCUT2D eigenvalue weighted by Crippen LogP contribution is -2.04. The lowest BCUT2D eigenvalue weighted by atomic mass is 9.92. The van der Waals surface area contributed by atoms with E-state index in [9.17, 15) is 0 Å². The lowest BCUT2D eigenvalue weighted by molar-refractivity contribution is 1.07. The van der Waals surface area contributed by atoms with Crippen molar-refractivity contribution in [1.82, 2.24) is 19.5 Å². The minimum absolute atomic E-state index is 0.618. The molecule has 0 unspecified atom stereocenters. The topological polar surface area (TPSA) is 43.6 Å². The Bertz CT molecular complexity index is 3920. The van der Waals surface area contributed by atoms with Gasteiger partial charge in [0.05, 0.1) is 16.7 Å². The number of thiophene rings is 1. The van der Waals surface area contributed by atoms with Crippen LogP contribution in [0, 0.1) is 0 Å². The average molecular weight is 807 g/mol. The second-order valence-corrected chi connectivity index (χ2v) is 17.0. The molecule has 0 bridgehead atoms. The van der Waals surface area contributed by atoms with Gasteiger partial charge in [0.1, 0.15) is 0 Å². The summed E-state index contributed by atoms with van der Waals surface area (Å²) in [7, 11) is 0. The molecule has 13 aromatic rings. The predicted octanol–water partition coefficient (Wildman–Crippen LogP) is 15.5. The Morgan fingerprint density at radius 1 is 0.306 bits per heavy atom. The second-order valence-electron chi connectivity index (χ2n) is 15.9. The Balaban J connectivity index is 1.17. The Morgan fingerprint density at radius 2 is 0.839 bits per heavy atom. The first kappa shape index (κ1) is 34.8. The molecule has 3 aromatic heterocycles. The molecule has 62 heavy (non-hydrogen) atoms. The summed E-state index contributed by atoms with van der Waals surface area (Å²) in [5.74, 6) is 1.90. The summed E-state index contributed by atoms with van der Waals surface area (Å²) in [5.41, 5.74) is 8.47. The van der Waals surface area contributed by atoms with E-state index in [4.69, 9.17) is 15.0 Å². The molecule has 4 nitrogen and oxygen atoms in total. The van der Waals surface area contributed by atoms with Crippen molar-refractivity contribution in [3.05, 3.63) is 206 Å². The van der Waals surface area contributed by atoms with Crippen LogP contribution in [0.3, 0.4) is 0 Å². The smallest absolute Gasteiger partial charge is 0.166 e. The van der Waals surface area contributed by atoms with Crippen molar-refractivity contribution in [2.45, 2.75) is 0 Å². The molecule has 0 amide bonds. The number of rotatable bonds is 5. The summed E-state index contributed by atoms with van der Waals surface area (Å²) in [6.45, 7) is 0. The van der Waals surface area contributed by atoms with Crippen LogP contribution in [-0.2, 0) is 0 Å². The summed E-state index contributed by atoms with van der Waals surface area (Å²) >= 11 is 1.79. The van der Waals surface area contributed by atoms with Gasteiger partial charge in [-0.2, -0.15) is 0 Å². The molecule has 288 valence electrons. The first-order valence-corrected chi connectivity index (χ1v) is 21.8. The van der Waals surface area contributed by atoms with Crippen LogP contribution < -0.4 is 0 Å². The molecular weight excluding hydrogens is 773 g/mol. The Hall–Kier alpha value is -7.99. The standard InChI is InChI=1S/C57H34N4S/c1-3-16-35(17-4-1)37-30-31-51-48(32-37)42-24-11-13-28-50(42)61(51)52-34-47-41-23-10-8-21-39(41)38-20-7-9-22-40(38)46(47)33-49(52)57-59-55(36-18-5-2-6-19-36)58-56(60-57)45-27-15-26-44-43-25-12-14-29-53(43)62-54(44)45/h1-34H. The van der Waals surface area contributed by atoms with E-state index in [-0.39, 0.29) is 0 Å². The Morgan fingerprint density at radius 3 is 1.56 bits per heavy atom. The van der Waals surface area contributed by atoms with E-state index in [2.05, 4.69) is 193 Å². The fraction of sp³-hybridized carbons (Fsp3) is 0. The first-order valence-electron chi connectivity index (χ1n) is 20.9. The maximum atomic E-state index is 5.52. The summed E-state index contributed by atoms with van der Waals surface area (Å²) in [6, 6.07) is 73.9. The Kier molecular flexibility index (Phi) is 7.74. The van der Waals surface area contributed by atoms with E-state index in [0.29, 0.717) is 17.5 Å². The molecule has 13 rings (SSSR count). The number of fused-ring (bicyclic) bond motifs is 12. The maximum absolute atomic E-state index is 5.52. The van der Waals surface area contributed by atoms with Crippen LogP contribution in [0.1, 0.15) is 0 Å². The maximum Gasteiger partial charge on any atom is 0.166 e. The lowest BCUT2D eigenvalue weighted by Gasteiger charge is -2.18. The van der Waals surface area contributed by atoms with Crippen molar-refractivity contribution in [1.29, 1.82) is 0 Å². The van der Waals surface area contributed by atoms with Gasteiger partial charge >= 0.3 is 0 Å². The van der Waals surface area contributed by atoms with Gasteiger partial charge in [-0.1, -0.05) is 164 Å². The van der Waals surface area contributed by atoms with Crippen LogP contribution in [0.2, 0.25) is 0 Å². The highest BCUT2D eigenvalue weighted by Gasteiger charge is 2.23. The SMILES string of the molecule is c1ccc(-c2ccc3c(c2)c2ccccc2n3-c2cc3c4ccccc4c4ccccc4c3cc2-c2nc(-c3ccccc3)nc(-c3cccc4c3sc3ccccc34)n2)cc1. The second kappa shape index (κ2) is 13.8. The number of benzene rings is 10. The van der Waals surface area contributed by atoms with E-state index in [1.807, 2.05) is 18.2 Å². The minimum Gasteiger partial charge on any atom is -0.308 e. The van der Waals surface area contributed by atoms with E-state index in [0.717, 1.165) is 43.5 Å². The summed E-state index contributed by atoms with van der Waals surface area (Å²) < 4.78 is 4.83. The van der Waals surface area contributed by atoms with Crippen LogP contribution >= 0.6 is 11.3 Å². The summed E-state index contributed by atoms with van der Waals surface area (Å²) in [5, 5.41) is 12.0. The number of nitrogens with zero attached hydrogens (tertiary/aromatic N) is 4. The van der Waals surface area contributed by atoms with Crippen molar-refractivity contribution >= 4 is 85.6 Å². The zero-order valence-corrected chi connectivity index (χ0v) is 34.1. The average Bonchev–Trinajstić information content (AvgIpc) is 3.90. The van der Waals surface area contributed by atoms with E-state index in [1.165, 1.54) is 64.3 Å². The molecule has 0 saturated heterocycles. The Labute approximate surface area is 360 Å². The largest absolute Gasteiger partial charge is 0.308 e. The highest BCUT2D eigenvalue weighted by atomic mass is 32.1. The van der Waals surface area contributed by atoms with Crippen LogP contribution in [0.25, 0.3) is 125 Å². The van der Waals surface area contributed by atoms with E-state index >= 15 is 0 Å². The van der Waals surface area contributed by atoms with Gasteiger partial charge in [-0.3, -0.25) is 0 Å². The molecule has 3 heterocycles. The molecule has 0 spiro atoms. The monoisotopic (exact) mass is 806 g/mol. The fourth-order valence-corrected chi connectivity index (χ4v) is 10.8. The van der Waals surface area contributed by atoms with Crippen molar-refractivity contribution in [2.75, 3.05) is 0 Å². The third-order valence-electron chi connectivity index (χ3n) is 12.4. The molecule has 5 heteroatoms. The van der Waals surface area contributed by atoms with Gasteiger partial charge in [0.25, 0.3) is 0 Å². The molecule has 0 fully saturated rings. The van der Waals surface area contributed by atoms with Crippen LogP contribution in [0.4, 0.5) is 0 Å². The van der Waals surface area contributed by atoms with Gasteiger partial charge < -0.3 is 4.57 Å².